The second-order valence-electron chi connectivity index (χ2n) is 7.74. The van der Waals surface area contributed by atoms with E-state index in [1.54, 1.807) is 25.1 Å². The molecule has 0 radical (unpaired) electrons. The lowest BCUT2D eigenvalue weighted by atomic mass is 10.2. The fourth-order valence-electron chi connectivity index (χ4n) is 3.64. The van der Waals surface area contributed by atoms with Crippen molar-refractivity contribution in [2.45, 2.75) is 6.92 Å². The second-order valence-corrected chi connectivity index (χ2v) is 9.58. The van der Waals surface area contributed by atoms with Gasteiger partial charge in [0.05, 0.1) is 24.7 Å². The molecule has 0 aliphatic carbocycles. The summed E-state index contributed by atoms with van der Waals surface area (Å²) in [5.74, 6) is -0.813. The Morgan fingerprint density at radius 2 is 1.94 bits per heavy atom. The summed E-state index contributed by atoms with van der Waals surface area (Å²) in [5, 5.41) is 12.2. The lowest BCUT2D eigenvalue weighted by Gasteiger charge is -2.28. The number of thioether (sulfide) groups is 1. The highest BCUT2D eigenvalue weighted by molar-refractivity contribution is 9.10. The molecule has 11 heteroatoms. The second kappa shape index (κ2) is 11.1. The Labute approximate surface area is 215 Å². The van der Waals surface area contributed by atoms with Crippen LogP contribution in [0.25, 0.3) is 6.08 Å². The molecule has 2 aromatic rings. The molecular formula is C24H24BrN3O6S. The van der Waals surface area contributed by atoms with Crippen molar-refractivity contribution in [2.24, 2.45) is 0 Å². The number of nitrogens with one attached hydrogen (secondary N) is 1. The summed E-state index contributed by atoms with van der Waals surface area (Å²) in [7, 11) is 0. The molecule has 2 heterocycles. The van der Waals surface area contributed by atoms with Crippen LogP contribution in [0, 0.1) is 0 Å². The molecular weight excluding hydrogens is 538 g/mol. The first kappa shape index (κ1) is 25.1. The van der Waals surface area contributed by atoms with E-state index in [4.69, 9.17) is 9.47 Å². The molecule has 2 fully saturated rings. The minimum atomic E-state index is -0.559. The molecule has 9 nitrogen and oxygen atoms in total. The predicted octanol–water partition coefficient (Wildman–Crippen LogP) is 4.07. The third kappa shape index (κ3) is 5.98. The number of amides is 3. The number of hydrogen-bond acceptors (Lipinski definition) is 8. The van der Waals surface area contributed by atoms with E-state index in [1.807, 2.05) is 12.1 Å². The Morgan fingerprint density at radius 3 is 2.63 bits per heavy atom. The Kier molecular flexibility index (Phi) is 7.99. The third-order valence-electron chi connectivity index (χ3n) is 5.37. The van der Waals surface area contributed by atoms with Crippen molar-refractivity contribution in [1.29, 1.82) is 0 Å². The molecule has 4 rings (SSSR count). The average molecular weight is 562 g/mol. The molecule has 0 bridgehead atoms. The number of hydrogen-bond donors (Lipinski definition) is 2. The number of carbonyl (C=O) groups is 3. The summed E-state index contributed by atoms with van der Waals surface area (Å²) in [5.41, 5.74) is 2.17. The largest absolute Gasteiger partial charge is 0.504 e. The van der Waals surface area contributed by atoms with E-state index in [2.05, 4.69) is 26.1 Å². The van der Waals surface area contributed by atoms with Crippen molar-refractivity contribution in [2.75, 3.05) is 49.7 Å². The summed E-state index contributed by atoms with van der Waals surface area (Å²) < 4.78 is 11.3. The maximum absolute atomic E-state index is 12.8. The molecule has 2 saturated heterocycles. The number of benzene rings is 2. The van der Waals surface area contributed by atoms with Gasteiger partial charge in [-0.1, -0.05) is 15.9 Å². The van der Waals surface area contributed by atoms with E-state index in [0.29, 0.717) is 35.5 Å². The van der Waals surface area contributed by atoms with Gasteiger partial charge in [-0.25, -0.2) is 0 Å². The van der Waals surface area contributed by atoms with Gasteiger partial charge < -0.3 is 24.8 Å². The van der Waals surface area contributed by atoms with Gasteiger partial charge in [0.2, 0.25) is 5.91 Å². The number of morpholine rings is 1. The van der Waals surface area contributed by atoms with Gasteiger partial charge in [0.15, 0.2) is 11.5 Å². The molecule has 0 saturated carbocycles. The van der Waals surface area contributed by atoms with E-state index in [1.165, 1.54) is 12.1 Å². The summed E-state index contributed by atoms with van der Waals surface area (Å²) in [6.07, 6.45) is 1.53. The molecule has 2 aliphatic heterocycles. The number of imide groups is 1. The van der Waals surface area contributed by atoms with E-state index >= 15 is 0 Å². The molecule has 0 spiro atoms. The van der Waals surface area contributed by atoms with Gasteiger partial charge in [-0.15, -0.1) is 0 Å². The normalized spacial score (nSPS) is 17.3. The number of carbonyl (C=O) groups excluding carboxylic acids is 3. The molecule has 184 valence electrons. The predicted molar refractivity (Wildman–Crippen MR) is 138 cm³/mol. The van der Waals surface area contributed by atoms with Crippen molar-refractivity contribution < 1.29 is 29.0 Å². The number of halogens is 1. The quantitative estimate of drug-likeness (QED) is 0.487. The Bertz CT molecular complexity index is 1160. The van der Waals surface area contributed by atoms with Crippen LogP contribution >= 0.6 is 27.7 Å². The fraction of sp³-hybridized carbons (Fsp3) is 0.292. The zero-order valence-electron chi connectivity index (χ0n) is 19.0. The van der Waals surface area contributed by atoms with E-state index in [9.17, 15) is 19.5 Å². The topological polar surface area (TPSA) is 108 Å². The first-order chi connectivity index (χ1) is 16.9. The summed E-state index contributed by atoms with van der Waals surface area (Å²) >= 11 is 4.10. The van der Waals surface area contributed by atoms with Crippen LogP contribution in [0.2, 0.25) is 0 Å². The molecule has 3 amide bonds. The van der Waals surface area contributed by atoms with Crippen molar-refractivity contribution in [3.63, 3.8) is 0 Å². The van der Waals surface area contributed by atoms with Crippen LogP contribution in [-0.2, 0) is 14.3 Å². The highest BCUT2D eigenvalue weighted by Crippen LogP contribution is 2.37. The standard InChI is InChI=1S/C24H24BrN3O6S/c1-2-34-20-11-15(18(25)13-19(20)29)12-21-23(31)28(24(32)35-21)14-22(30)26-16-3-5-17(6-4-16)27-7-9-33-10-8-27/h3-6,11-13,29H,2,7-10,14H2,1H3,(H,26,30)/b21-12-. The van der Waals surface area contributed by atoms with Crippen LogP contribution in [-0.4, -0.2) is 66.5 Å². The van der Waals surface area contributed by atoms with Crippen molar-refractivity contribution >= 4 is 62.2 Å². The van der Waals surface area contributed by atoms with Crippen LogP contribution in [0.5, 0.6) is 11.5 Å². The Morgan fingerprint density at radius 1 is 1.23 bits per heavy atom. The minimum Gasteiger partial charge on any atom is -0.504 e. The molecule has 0 atom stereocenters. The number of rotatable bonds is 7. The van der Waals surface area contributed by atoms with E-state index in [-0.39, 0.29) is 16.4 Å². The van der Waals surface area contributed by atoms with Crippen LogP contribution < -0.4 is 15.0 Å². The van der Waals surface area contributed by atoms with Gasteiger partial charge in [0.1, 0.15) is 6.54 Å². The van der Waals surface area contributed by atoms with Crippen molar-refractivity contribution in [1.82, 2.24) is 4.90 Å². The maximum Gasteiger partial charge on any atom is 0.294 e. The molecule has 35 heavy (non-hydrogen) atoms. The number of ether oxygens (including phenoxy) is 2. The van der Waals surface area contributed by atoms with Gasteiger partial charge in [0.25, 0.3) is 11.1 Å². The first-order valence-corrected chi connectivity index (χ1v) is 12.6. The number of aromatic hydroxyl groups is 1. The summed E-state index contributed by atoms with van der Waals surface area (Å²) in [4.78, 5) is 41.1. The lowest BCUT2D eigenvalue weighted by molar-refractivity contribution is -0.127. The van der Waals surface area contributed by atoms with Crippen LogP contribution in [0.3, 0.4) is 0 Å². The van der Waals surface area contributed by atoms with Gasteiger partial charge >= 0.3 is 0 Å². The number of phenols is 1. The minimum absolute atomic E-state index is 0.0429. The summed E-state index contributed by atoms with van der Waals surface area (Å²) in [6.45, 7) is 4.74. The zero-order valence-corrected chi connectivity index (χ0v) is 21.4. The summed E-state index contributed by atoms with van der Waals surface area (Å²) in [6, 6.07) is 10.4. The highest BCUT2D eigenvalue weighted by atomic mass is 79.9. The van der Waals surface area contributed by atoms with E-state index < -0.39 is 23.6 Å². The smallest absolute Gasteiger partial charge is 0.294 e. The highest BCUT2D eigenvalue weighted by Gasteiger charge is 2.36. The van der Waals surface area contributed by atoms with Gasteiger partial charge in [-0.05, 0) is 66.7 Å². The van der Waals surface area contributed by atoms with Gasteiger partial charge in [0, 0.05) is 28.9 Å². The van der Waals surface area contributed by atoms with Crippen LogP contribution in [0.1, 0.15) is 12.5 Å². The van der Waals surface area contributed by atoms with Crippen molar-refractivity contribution in [3.8, 4) is 11.5 Å². The van der Waals surface area contributed by atoms with Crippen LogP contribution in [0.4, 0.5) is 16.2 Å². The number of phenolic OH excluding ortho intramolecular Hbond substituents is 1. The lowest BCUT2D eigenvalue weighted by Crippen LogP contribution is -2.36. The Hall–Kier alpha value is -3.02. The van der Waals surface area contributed by atoms with Gasteiger partial charge in [-0.2, -0.15) is 0 Å². The number of anilines is 2. The maximum atomic E-state index is 12.8. The van der Waals surface area contributed by atoms with E-state index in [0.717, 1.165) is 35.4 Å². The Balaban J connectivity index is 1.40. The zero-order chi connectivity index (χ0) is 24.9. The van der Waals surface area contributed by atoms with Crippen LogP contribution in [0.15, 0.2) is 45.8 Å². The fourth-order valence-corrected chi connectivity index (χ4v) is 4.91. The monoisotopic (exact) mass is 561 g/mol. The van der Waals surface area contributed by atoms with Gasteiger partial charge in [-0.3, -0.25) is 19.3 Å². The van der Waals surface area contributed by atoms with Crippen molar-refractivity contribution in [3.05, 3.63) is 51.3 Å². The SMILES string of the molecule is CCOc1cc(/C=C2\SC(=O)N(CC(=O)Nc3ccc(N4CCOCC4)cc3)C2=O)c(Br)cc1O. The molecule has 2 aromatic carbocycles. The first-order valence-electron chi connectivity index (χ1n) is 11.0. The number of nitrogens with zero attached hydrogens (tertiary/aromatic N) is 2. The molecule has 2 aliphatic rings. The third-order valence-corrected chi connectivity index (χ3v) is 6.96. The molecule has 0 unspecified atom stereocenters. The molecule has 0 aromatic heterocycles. The molecule has 2 N–H and O–H groups in total. The average Bonchev–Trinajstić information content (AvgIpc) is 3.10.